The van der Waals surface area contributed by atoms with Gasteiger partial charge in [-0.05, 0) is 61.4 Å². The second-order valence-electron chi connectivity index (χ2n) is 10.0. The number of piperazine rings is 1. The number of anilines is 2. The summed E-state index contributed by atoms with van der Waals surface area (Å²) in [5.41, 5.74) is 3.91. The van der Waals surface area contributed by atoms with Crippen molar-refractivity contribution in [3.8, 4) is 0 Å². The number of benzene rings is 1. The van der Waals surface area contributed by atoms with E-state index in [1.165, 1.54) is 28.9 Å². The summed E-state index contributed by atoms with van der Waals surface area (Å²) < 4.78 is 0. The van der Waals surface area contributed by atoms with E-state index in [4.69, 9.17) is 4.98 Å². The van der Waals surface area contributed by atoms with Crippen LogP contribution in [0.15, 0.2) is 30.5 Å². The van der Waals surface area contributed by atoms with Crippen molar-refractivity contribution in [3.05, 3.63) is 52.7 Å². The lowest BCUT2D eigenvalue weighted by Crippen LogP contribution is -2.49. The van der Waals surface area contributed by atoms with Crippen LogP contribution in [0.2, 0.25) is 0 Å². The molecule has 2 aromatic rings. The van der Waals surface area contributed by atoms with Gasteiger partial charge in [0.15, 0.2) is 0 Å². The Morgan fingerprint density at radius 3 is 2.34 bits per heavy atom. The number of rotatable bonds is 5. The van der Waals surface area contributed by atoms with Crippen LogP contribution in [-0.2, 0) is 4.79 Å². The summed E-state index contributed by atoms with van der Waals surface area (Å²) in [4.78, 5) is 50.7. The smallest absolute Gasteiger partial charge is 0.254 e. The molecule has 8 heteroatoms. The van der Waals surface area contributed by atoms with Gasteiger partial charge < -0.3 is 19.6 Å². The summed E-state index contributed by atoms with van der Waals surface area (Å²) in [6.07, 6.45) is 5.84. The molecule has 3 aliphatic rings. The highest BCUT2D eigenvalue weighted by atomic mass is 16.2. The topological polar surface area (TPSA) is 77.1 Å². The van der Waals surface area contributed by atoms with Crippen LogP contribution in [0.25, 0.3) is 0 Å². The van der Waals surface area contributed by atoms with Gasteiger partial charge >= 0.3 is 0 Å². The van der Waals surface area contributed by atoms with E-state index in [0.717, 1.165) is 12.2 Å². The second-order valence-corrected chi connectivity index (χ2v) is 10.0. The third kappa shape index (κ3) is 4.61. The third-order valence-electron chi connectivity index (χ3n) is 7.24. The number of hydrogen-bond donors (Lipinski definition) is 0. The van der Waals surface area contributed by atoms with Crippen molar-refractivity contribution in [1.29, 1.82) is 0 Å². The first-order chi connectivity index (χ1) is 16.8. The van der Waals surface area contributed by atoms with E-state index in [1.807, 2.05) is 11.1 Å². The van der Waals surface area contributed by atoms with Crippen LogP contribution >= 0.6 is 0 Å². The fourth-order valence-electron chi connectivity index (χ4n) is 5.08. The van der Waals surface area contributed by atoms with Gasteiger partial charge in [0.25, 0.3) is 11.8 Å². The minimum absolute atomic E-state index is 0.0533. The monoisotopic (exact) mass is 475 g/mol. The number of aryl methyl sites for hydroxylation is 1. The Labute approximate surface area is 206 Å². The molecule has 0 radical (unpaired) electrons. The van der Waals surface area contributed by atoms with Gasteiger partial charge in [0.2, 0.25) is 5.91 Å². The predicted molar refractivity (Wildman–Crippen MR) is 135 cm³/mol. The van der Waals surface area contributed by atoms with Gasteiger partial charge in [0.05, 0.1) is 11.1 Å². The molecule has 8 nitrogen and oxygen atoms in total. The molecule has 0 unspecified atom stereocenters. The van der Waals surface area contributed by atoms with Crippen LogP contribution in [0.3, 0.4) is 0 Å². The third-order valence-corrected chi connectivity index (χ3v) is 7.24. The number of carbonyl (C=O) groups excluding carboxylic acids is 3. The van der Waals surface area contributed by atoms with Gasteiger partial charge in [0.1, 0.15) is 5.82 Å². The largest absolute Gasteiger partial charge is 0.353 e. The average Bonchev–Trinajstić information content (AvgIpc) is 3.63. The standard InChI is InChI=1S/C27H33N5O3/c1-18-15-20(19-6-7-19)17-28-25(18)30-11-13-31(14-12-30)27(35)22-9-8-21(32-10-4-5-24(32)33)16-23(22)26(34)29(2)3/h8-9,15-17,19H,4-7,10-14H2,1-3H3. The van der Waals surface area contributed by atoms with Gasteiger partial charge in [-0.3, -0.25) is 14.4 Å². The van der Waals surface area contributed by atoms with Gasteiger partial charge in [-0.2, -0.15) is 0 Å². The average molecular weight is 476 g/mol. The van der Waals surface area contributed by atoms with Crippen molar-refractivity contribution in [1.82, 2.24) is 14.8 Å². The van der Waals surface area contributed by atoms with Crippen molar-refractivity contribution in [2.24, 2.45) is 0 Å². The molecule has 3 fully saturated rings. The Morgan fingerprint density at radius 1 is 1.00 bits per heavy atom. The zero-order chi connectivity index (χ0) is 24.7. The number of hydrogen-bond acceptors (Lipinski definition) is 5. The zero-order valence-electron chi connectivity index (χ0n) is 20.8. The molecule has 3 amide bonds. The molecule has 1 aromatic heterocycles. The summed E-state index contributed by atoms with van der Waals surface area (Å²) in [6, 6.07) is 7.44. The fraction of sp³-hybridized carbons (Fsp3) is 0.481. The van der Waals surface area contributed by atoms with Gasteiger partial charge in [0, 0.05) is 65.1 Å². The maximum Gasteiger partial charge on any atom is 0.254 e. The second kappa shape index (κ2) is 9.32. The van der Waals surface area contributed by atoms with Crippen molar-refractivity contribution in [2.45, 2.75) is 38.5 Å². The molecular weight excluding hydrogens is 442 g/mol. The van der Waals surface area contributed by atoms with Crippen molar-refractivity contribution in [3.63, 3.8) is 0 Å². The van der Waals surface area contributed by atoms with Crippen LogP contribution in [-0.4, -0.2) is 79.3 Å². The fourth-order valence-corrected chi connectivity index (χ4v) is 5.08. The molecule has 184 valence electrons. The summed E-state index contributed by atoms with van der Waals surface area (Å²) >= 11 is 0. The summed E-state index contributed by atoms with van der Waals surface area (Å²) in [5, 5.41) is 0. The van der Waals surface area contributed by atoms with Crippen molar-refractivity contribution < 1.29 is 14.4 Å². The molecule has 0 spiro atoms. The van der Waals surface area contributed by atoms with Crippen LogP contribution in [0.5, 0.6) is 0 Å². The number of pyridine rings is 1. The SMILES string of the molecule is Cc1cc(C2CC2)cnc1N1CCN(C(=O)c2ccc(N3CCCC3=O)cc2C(=O)N(C)C)CC1. The molecule has 0 atom stereocenters. The summed E-state index contributed by atoms with van der Waals surface area (Å²) in [6.45, 7) is 5.26. The quantitative estimate of drug-likeness (QED) is 0.664. The molecule has 5 rings (SSSR count). The lowest BCUT2D eigenvalue weighted by Gasteiger charge is -2.36. The molecule has 0 bridgehead atoms. The minimum atomic E-state index is -0.240. The predicted octanol–water partition coefficient (Wildman–Crippen LogP) is 3.06. The van der Waals surface area contributed by atoms with Gasteiger partial charge in [-0.15, -0.1) is 0 Å². The minimum Gasteiger partial charge on any atom is -0.353 e. The normalized spacial score (nSPS) is 18.3. The van der Waals surface area contributed by atoms with Crippen LogP contribution in [0, 0.1) is 6.92 Å². The van der Waals surface area contributed by atoms with Crippen LogP contribution in [0.1, 0.15) is 63.4 Å². The van der Waals surface area contributed by atoms with Crippen LogP contribution < -0.4 is 9.80 Å². The number of aromatic nitrogens is 1. The molecule has 3 heterocycles. The summed E-state index contributed by atoms with van der Waals surface area (Å²) in [7, 11) is 3.35. The number of nitrogens with zero attached hydrogens (tertiary/aromatic N) is 5. The van der Waals surface area contributed by atoms with E-state index in [9.17, 15) is 14.4 Å². The molecule has 0 N–H and O–H groups in total. The Kier molecular flexibility index (Phi) is 6.21. The van der Waals surface area contributed by atoms with E-state index < -0.39 is 0 Å². The van der Waals surface area contributed by atoms with E-state index in [1.54, 1.807) is 37.2 Å². The van der Waals surface area contributed by atoms with E-state index in [-0.39, 0.29) is 17.7 Å². The highest BCUT2D eigenvalue weighted by Crippen LogP contribution is 2.40. The first-order valence-electron chi connectivity index (χ1n) is 12.5. The molecule has 1 aliphatic carbocycles. The van der Waals surface area contributed by atoms with Gasteiger partial charge in [-0.25, -0.2) is 4.98 Å². The number of carbonyl (C=O) groups is 3. The lowest BCUT2D eigenvalue weighted by atomic mass is 10.0. The van der Waals surface area contributed by atoms with Crippen molar-refractivity contribution >= 4 is 29.2 Å². The van der Waals surface area contributed by atoms with E-state index >= 15 is 0 Å². The van der Waals surface area contributed by atoms with E-state index in [0.29, 0.717) is 61.9 Å². The maximum absolute atomic E-state index is 13.5. The summed E-state index contributed by atoms with van der Waals surface area (Å²) in [5.74, 6) is 1.33. The molecule has 1 saturated carbocycles. The first kappa shape index (κ1) is 23.3. The van der Waals surface area contributed by atoms with Gasteiger partial charge in [-0.1, -0.05) is 6.07 Å². The lowest BCUT2D eigenvalue weighted by molar-refractivity contribution is -0.117. The molecule has 35 heavy (non-hydrogen) atoms. The highest BCUT2D eigenvalue weighted by molar-refractivity contribution is 6.08. The van der Waals surface area contributed by atoms with E-state index in [2.05, 4.69) is 17.9 Å². The molecule has 2 aliphatic heterocycles. The maximum atomic E-state index is 13.5. The Hall–Kier alpha value is -3.42. The Balaban J connectivity index is 1.33. The highest BCUT2D eigenvalue weighted by Gasteiger charge is 2.30. The molecular formula is C27H33N5O3. The Morgan fingerprint density at radius 2 is 1.74 bits per heavy atom. The number of amides is 3. The molecule has 2 saturated heterocycles. The van der Waals surface area contributed by atoms with Crippen molar-refractivity contribution in [2.75, 3.05) is 56.6 Å². The van der Waals surface area contributed by atoms with Crippen LogP contribution in [0.4, 0.5) is 11.5 Å². The molecule has 1 aromatic carbocycles. The zero-order valence-corrected chi connectivity index (χ0v) is 20.8. The first-order valence-corrected chi connectivity index (χ1v) is 12.5. The Bertz CT molecular complexity index is 1170.